The van der Waals surface area contributed by atoms with Gasteiger partial charge in [-0.05, 0) is 59.9 Å². The van der Waals surface area contributed by atoms with Crippen molar-refractivity contribution in [1.29, 1.82) is 0 Å². The number of carbonyl (C=O) groups excluding carboxylic acids is 2. The molecule has 34 heavy (non-hydrogen) atoms. The molecular weight excluding hydrogens is 468 g/mol. The fourth-order valence-corrected chi connectivity index (χ4v) is 4.38. The Morgan fingerprint density at radius 1 is 1.03 bits per heavy atom. The first-order valence-electron chi connectivity index (χ1n) is 11.6. The van der Waals surface area contributed by atoms with Gasteiger partial charge in [0.25, 0.3) is 5.91 Å². The molecular formula is C26H33ClN4O2S. The molecule has 2 amide bonds. The number of nitrogens with zero attached hydrogens (tertiary/aromatic N) is 2. The maximum absolute atomic E-state index is 12.5. The number of halogens is 1. The third kappa shape index (κ3) is 6.70. The average Bonchev–Trinajstić information content (AvgIpc) is 2.79. The third-order valence-electron chi connectivity index (χ3n) is 5.88. The number of hydrogen-bond donors (Lipinski definition) is 2. The summed E-state index contributed by atoms with van der Waals surface area (Å²) < 4.78 is 0. The Hall–Kier alpha value is -2.64. The topological polar surface area (TPSA) is 64.7 Å². The molecule has 0 radical (unpaired) electrons. The molecule has 0 saturated carbocycles. The van der Waals surface area contributed by atoms with Gasteiger partial charge in [0.2, 0.25) is 5.91 Å². The van der Waals surface area contributed by atoms with E-state index < -0.39 is 0 Å². The zero-order chi connectivity index (χ0) is 24.9. The van der Waals surface area contributed by atoms with Crippen LogP contribution in [-0.4, -0.2) is 48.0 Å². The standard InChI is InChI=1S/C26H33ClN4O2S/c1-5-6-23(32)31-15-13-30(14-16-31)22-12-11-20(17-21(22)27)28-25(34)29-24(33)18-7-9-19(10-8-18)26(2,3)4/h7-12,17H,5-6,13-16H2,1-4H3,(H2,28,29,33,34). The van der Waals surface area contributed by atoms with Crippen LogP contribution in [-0.2, 0) is 10.2 Å². The summed E-state index contributed by atoms with van der Waals surface area (Å²) in [5.74, 6) is -0.0512. The van der Waals surface area contributed by atoms with E-state index in [0.29, 0.717) is 35.8 Å². The van der Waals surface area contributed by atoms with E-state index in [1.54, 1.807) is 18.2 Å². The highest BCUT2D eigenvalue weighted by Gasteiger charge is 2.22. The Morgan fingerprint density at radius 2 is 1.68 bits per heavy atom. The molecule has 1 saturated heterocycles. The smallest absolute Gasteiger partial charge is 0.257 e. The predicted octanol–water partition coefficient (Wildman–Crippen LogP) is 5.21. The van der Waals surface area contributed by atoms with Crippen LogP contribution >= 0.6 is 23.8 Å². The van der Waals surface area contributed by atoms with Crippen molar-refractivity contribution in [2.45, 2.75) is 46.0 Å². The fourth-order valence-electron chi connectivity index (χ4n) is 3.87. The number of carbonyl (C=O) groups is 2. The minimum atomic E-state index is -0.267. The number of thiocarbonyl (C=S) groups is 1. The molecule has 0 atom stereocenters. The van der Waals surface area contributed by atoms with Crippen molar-refractivity contribution in [3.05, 3.63) is 58.6 Å². The minimum absolute atomic E-state index is 0.0252. The zero-order valence-electron chi connectivity index (χ0n) is 20.3. The Morgan fingerprint density at radius 3 is 2.24 bits per heavy atom. The molecule has 0 aromatic heterocycles. The van der Waals surface area contributed by atoms with Gasteiger partial charge in [0.05, 0.1) is 10.7 Å². The summed E-state index contributed by atoms with van der Waals surface area (Å²) in [4.78, 5) is 28.8. The molecule has 182 valence electrons. The first-order chi connectivity index (χ1) is 16.1. The van der Waals surface area contributed by atoms with E-state index in [2.05, 4.69) is 36.3 Å². The number of rotatable bonds is 5. The van der Waals surface area contributed by atoms with Crippen molar-refractivity contribution in [1.82, 2.24) is 10.2 Å². The van der Waals surface area contributed by atoms with Crippen LogP contribution in [0.5, 0.6) is 0 Å². The number of amides is 2. The molecule has 0 aliphatic carbocycles. The highest BCUT2D eigenvalue weighted by Crippen LogP contribution is 2.30. The highest BCUT2D eigenvalue weighted by atomic mass is 35.5. The van der Waals surface area contributed by atoms with Gasteiger partial charge in [-0.2, -0.15) is 0 Å². The van der Waals surface area contributed by atoms with E-state index in [1.807, 2.05) is 36.1 Å². The van der Waals surface area contributed by atoms with Gasteiger partial charge >= 0.3 is 0 Å². The van der Waals surface area contributed by atoms with Crippen molar-refractivity contribution in [2.75, 3.05) is 36.4 Å². The van der Waals surface area contributed by atoms with Crippen LogP contribution in [0.4, 0.5) is 11.4 Å². The van der Waals surface area contributed by atoms with E-state index in [-0.39, 0.29) is 22.3 Å². The molecule has 2 aromatic carbocycles. The molecule has 1 fully saturated rings. The van der Waals surface area contributed by atoms with Crippen LogP contribution in [0.15, 0.2) is 42.5 Å². The average molecular weight is 501 g/mol. The molecule has 0 unspecified atom stereocenters. The molecule has 0 spiro atoms. The Balaban J connectivity index is 1.55. The lowest BCUT2D eigenvalue weighted by Crippen LogP contribution is -2.48. The van der Waals surface area contributed by atoms with Crippen LogP contribution in [0.2, 0.25) is 5.02 Å². The predicted molar refractivity (Wildman–Crippen MR) is 144 cm³/mol. The zero-order valence-corrected chi connectivity index (χ0v) is 21.9. The molecule has 0 bridgehead atoms. The lowest BCUT2D eigenvalue weighted by molar-refractivity contribution is -0.131. The molecule has 2 N–H and O–H groups in total. The first-order valence-corrected chi connectivity index (χ1v) is 12.4. The second-order valence-corrected chi connectivity index (χ2v) is 10.3. The van der Waals surface area contributed by atoms with E-state index >= 15 is 0 Å². The summed E-state index contributed by atoms with van der Waals surface area (Å²) in [5.41, 5.74) is 3.34. The van der Waals surface area contributed by atoms with Gasteiger partial charge in [0.15, 0.2) is 5.11 Å². The monoisotopic (exact) mass is 500 g/mol. The maximum Gasteiger partial charge on any atom is 0.257 e. The van der Waals surface area contributed by atoms with Gasteiger partial charge in [-0.1, -0.05) is 51.4 Å². The molecule has 6 nitrogen and oxygen atoms in total. The quantitative estimate of drug-likeness (QED) is 0.551. The Kier molecular flexibility index (Phi) is 8.55. The second kappa shape index (κ2) is 11.2. The Bertz CT molecular complexity index is 1040. The normalized spacial score (nSPS) is 14.0. The van der Waals surface area contributed by atoms with Gasteiger partial charge in [0.1, 0.15) is 0 Å². The summed E-state index contributed by atoms with van der Waals surface area (Å²) in [7, 11) is 0. The maximum atomic E-state index is 12.5. The largest absolute Gasteiger partial charge is 0.367 e. The van der Waals surface area contributed by atoms with Gasteiger partial charge in [-0.15, -0.1) is 0 Å². The molecule has 1 aliphatic heterocycles. The number of hydrogen-bond acceptors (Lipinski definition) is 4. The van der Waals surface area contributed by atoms with Gasteiger partial charge in [-0.25, -0.2) is 0 Å². The number of anilines is 2. The molecule has 2 aromatic rings. The van der Waals surface area contributed by atoms with Gasteiger partial charge in [-0.3, -0.25) is 14.9 Å². The van der Waals surface area contributed by atoms with Crippen molar-refractivity contribution in [2.24, 2.45) is 0 Å². The van der Waals surface area contributed by atoms with Crippen LogP contribution in [0.1, 0.15) is 56.5 Å². The first kappa shape index (κ1) is 26.0. The van der Waals surface area contributed by atoms with Crippen LogP contribution in [0.3, 0.4) is 0 Å². The highest BCUT2D eigenvalue weighted by molar-refractivity contribution is 7.80. The molecule has 3 rings (SSSR count). The van der Waals surface area contributed by atoms with E-state index in [0.717, 1.165) is 30.8 Å². The van der Waals surface area contributed by atoms with Gasteiger partial charge in [0, 0.05) is 43.9 Å². The summed E-state index contributed by atoms with van der Waals surface area (Å²) in [6, 6.07) is 13.1. The van der Waals surface area contributed by atoms with Crippen LogP contribution < -0.4 is 15.5 Å². The van der Waals surface area contributed by atoms with E-state index in [9.17, 15) is 9.59 Å². The second-order valence-electron chi connectivity index (χ2n) is 9.52. The lowest BCUT2D eigenvalue weighted by atomic mass is 9.87. The minimum Gasteiger partial charge on any atom is -0.367 e. The molecule has 1 aliphatic rings. The van der Waals surface area contributed by atoms with E-state index in [4.69, 9.17) is 23.8 Å². The summed E-state index contributed by atoms with van der Waals surface area (Å²) in [6.07, 6.45) is 1.46. The number of benzene rings is 2. The van der Waals surface area contributed by atoms with Crippen molar-refractivity contribution in [3.63, 3.8) is 0 Å². The van der Waals surface area contributed by atoms with Crippen molar-refractivity contribution in [3.8, 4) is 0 Å². The fraction of sp³-hybridized carbons (Fsp3) is 0.423. The molecule has 8 heteroatoms. The SMILES string of the molecule is CCCC(=O)N1CCN(c2ccc(NC(=S)NC(=O)c3ccc(C(C)(C)C)cc3)cc2Cl)CC1. The van der Waals surface area contributed by atoms with Crippen LogP contribution in [0.25, 0.3) is 0 Å². The Labute approximate surface area is 212 Å². The van der Waals surface area contributed by atoms with Crippen molar-refractivity contribution < 1.29 is 9.59 Å². The lowest BCUT2D eigenvalue weighted by Gasteiger charge is -2.36. The van der Waals surface area contributed by atoms with Gasteiger partial charge < -0.3 is 15.1 Å². The van der Waals surface area contributed by atoms with Crippen molar-refractivity contribution >= 4 is 52.1 Å². The third-order valence-corrected chi connectivity index (χ3v) is 6.39. The molecule has 1 heterocycles. The summed E-state index contributed by atoms with van der Waals surface area (Å²) in [6.45, 7) is 11.3. The number of nitrogens with one attached hydrogen (secondary N) is 2. The summed E-state index contributed by atoms with van der Waals surface area (Å²) >= 11 is 11.9. The summed E-state index contributed by atoms with van der Waals surface area (Å²) in [5, 5.41) is 6.54. The van der Waals surface area contributed by atoms with Crippen LogP contribution in [0, 0.1) is 0 Å². The number of piperazine rings is 1. The van der Waals surface area contributed by atoms with E-state index in [1.165, 1.54) is 0 Å².